The van der Waals surface area contributed by atoms with Gasteiger partial charge < -0.3 is 10.5 Å². The van der Waals surface area contributed by atoms with Gasteiger partial charge in [-0.05, 0) is 0 Å². The minimum Gasteiger partial charge on any atom is -0.378 e. The maximum atomic E-state index is 8.42. The average molecular weight is 181 g/mol. The molecule has 0 spiro atoms. The third-order valence-electron chi connectivity index (χ3n) is 1.36. The van der Waals surface area contributed by atoms with Crippen LogP contribution in [0.4, 0.5) is 0 Å². The Balaban J connectivity index is 2.25. The Kier molecular flexibility index (Phi) is 3.88. The SMILES string of the molecule is N#Cc1ncn(CCOCCN)n1. The van der Waals surface area contributed by atoms with Crippen molar-refractivity contribution >= 4 is 0 Å². The van der Waals surface area contributed by atoms with Crippen LogP contribution < -0.4 is 5.73 Å². The molecular formula is C7H11N5O. The number of aromatic nitrogens is 3. The Morgan fingerprint density at radius 1 is 1.62 bits per heavy atom. The highest BCUT2D eigenvalue weighted by Gasteiger charge is 1.97. The van der Waals surface area contributed by atoms with Gasteiger partial charge in [-0.2, -0.15) is 5.26 Å². The molecule has 0 aliphatic carbocycles. The molecule has 0 amide bonds. The van der Waals surface area contributed by atoms with E-state index in [0.29, 0.717) is 26.3 Å². The summed E-state index contributed by atoms with van der Waals surface area (Å²) >= 11 is 0. The van der Waals surface area contributed by atoms with Crippen LogP contribution in [0, 0.1) is 11.3 Å². The van der Waals surface area contributed by atoms with Crippen molar-refractivity contribution in [3.05, 3.63) is 12.2 Å². The maximum Gasteiger partial charge on any atom is 0.252 e. The number of nitrogens with two attached hydrogens (primary N) is 1. The fourth-order valence-corrected chi connectivity index (χ4v) is 0.797. The second kappa shape index (κ2) is 5.24. The van der Waals surface area contributed by atoms with Crippen LogP contribution in [0.2, 0.25) is 0 Å². The largest absolute Gasteiger partial charge is 0.378 e. The molecule has 1 heterocycles. The molecule has 0 aliphatic rings. The normalized spacial score (nSPS) is 9.85. The standard InChI is InChI=1S/C7H11N5O/c8-1-3-13-4-2-12-6-10-7(5-9)11-12/h6H,1-4,8H2. The molecule has 0 fully saturated rings. The van der Waals surface area contributed by atoms with Gasteiger partial charge >= 0.3 is 0 Å². The van der Waals surface area contributed by atoms with Crippen molar-refractivity contribution in [3.8, 4) is 6.07 Å². The van der Waals surface area contributed by atoms with Crippen LogP contribution >= 0.6 is 0 Å². The highest BCUT2D eigenvalue weighted by atomic mass is 16.5. The summed E-state index contributed by atoms with van der Waals surface area (Å²) in [6.45, 7) is 2.18. The Hall–Kier alpha value is -1.45. The van der Waals surface area contributed by atoms with E-state index >= 15 is 0 Å². The molecule has 6 nitrogen and oxygen atoms in total. The molecule has 0 saturated heterocycles. The number of ether oxygens (including phenoxy) is 1. The van der Waals surface area contributed by atoms with E-state index in [1.165, 1.54) is 6.33 Å². The zero-order chi connectivity index (χ0) is 9.52. The summed E-state index contributed by atoms with van der Waals surface area (Å²) in [5.41, 5.74) is 5.23. The lowest BCUT2D eigenvalue weighted by Gasteiger charge is -2.00. The summed E-state index contributed by atoms with van der Waals surface area (Å²) in [6, 6.07) is 1.85. The van der Waals surface area contributed by atoms with Crippen molar-refractivity contribution in [2.75, 3.05) is 19.8 Å². The van der Waals surface area contributed by atoms with Crippen LogP contribution in [-0.4, -0.2) is 34.5 Å². The van der Waals surface area contributed by atoms with E-state index in [-0.39, 0.29) is 5.82 Å². The zero-order valence-corrected chi connectivity index (χ0v) is 7.18. The van der Waals surface area contributed by atoms with Gasteiger partial charge in [-0.25, -0.2) is 9.67 Å². The molecule has 0 unspecified atom stereocenters. The van der Waals surface area contributed by atoms with E-state index in [0.717, 1.165) is 0 Å². The predicted octanol–water partition coefficient (Wildman–Crippen LogP) is -0.875. The first-order valence-corrected chi connectivity index (χ1v) is 3.94. The molecule has 1 rings (SSSR count). The Bertz CT molecular complexity index is 289. The Morgan fingerprint density at radius 3 is 3.08 bits per heavy atom. The summed E-state index contributed by atoms with van der Waals surface area (Å²) in [7, 11) is 0. The molecule has 0 aromatic carbocycles. The van der Waals surface area contributed by atoms with Crippen molar-refractivity contribution in [1.29, 1.82) is 5.26 Å². The number of rotatable bonds is 5. The molecule has 0 radical (unpaired) electrons. The fourth-order valence-electron chi connectivity index (χ4n) is 0.797. The number of hydrogen-bond acceptors (Lipinski definition) is 5. The van der Waals surface area contributed by atoms with Crippen LogP contribution in [-0.2, 0) is 11.3 Å². The van der Waals surface area contributed by atoms with Gasteiger partial charge in [0.2, 0.25) is 0 Å². The van der Waals surface area contributed by atoms with Gasteiger partial charge in [0.25, 0.3) is 5.82 Å². The van der Waals surface area contributed by atoms with E-state index in [2.05, 4.69) is 10.1 Å². The average Bonchev–Trinajstić information content (AvgIpc) is 2.60. The first-order valence-electron chi connectivity index (χ1n) is 3.94. The molecule has 1 aromatic rings. The van der Waals surface area contributed by atoms with E-state index in [1.54, 1.807) is 4.68 Å². The summed E-state index contributed by atoms with van der Waals surface area (Å²) in [5.74, 6) is 0.179. The zero-order valence-electron chi connectivity index (χ0n) is 7.18. The third-order valence-corrected chi connectivity index (χ3v) is 1.36. The van der Waals surface area contributed by atoms with Crippen molar-refractivity contribution in [3.63, 3.8) is 0 Å². The van der Waals surface area contributed by atoms with Gasteiger partial charge in [0.15, 0.2) is 0 Å². The molecule has 70 valence electrons. The fraction of sp³-hybridized carbons (Fsp3) is 0.571. The minimum atomic E-state index is 0.179. The summed E-state index contributed by atoms with van der Waals surface area (Å²) < 4.78 is 6.70. The quantitative estimate of drug-likeness (QED) is 0.596. The molecule has 13 heavy (non-hydrogen) atoms. The summed E-state index contributed by atoms with van der Waals surface area (Å²) in [5, 5.41) is 12.3. The number of hydrogen-bond donors (Lipinski definition) is 1. The van der Waals surface area contributed by atoms with E-state index in [1.807, 2.05) is 6.07 Å². The van der Waals surface area contributed by atoms with E-state index < -0.39 is 0 Å². The van der Waals surface area contributed by atoms with E-state index in [9.17, 15) is 0 Å². The first-order chi connectivity index (χ1) is 6.36. The molecule has 0 atom stereocenters. The lowest BCUT2D eigenvalue weighted by molar-refractivity contribution is 0.130. The predicted molar refractivity (Wildman–Crippen MR) is 44.6 cm³/mol. The monoisotopic (exact) mass is 181 g/mol. The van der Waals surface area contributed by atoms with Crippen molar-refractivity contribution in [2.45, 2.75) is 6.54 Å². The smallest absolute Gasteiger partial charge is 0.252 e. The van der Waals surface area contributed by atoms with Gasteiger partial charge in [0.1, 0.15) is 12.4 Å². The second-order valence-electron chi connectivity index (χ2n) is 2.34. The van der Waals surface area contributed by atoms with Gasteiger partial charge in [0, 0.05) is 6.54 Å². The number of nitrogens with zero attached hydrogens (tertiary/aromatic N) is 4. The van der Waals surface area contributed by atoms with Gasteiger partial charge in [-0.1, -0.05) is 0 Å². The maximum absolute atomic E-state index is 8.42. The molecule has 0 bridgehead atoms. The minimum absolute atomic E-state index is 0.179. The highest BCUT2D eigenvalue weighted by Crippen LogP contribution is 1.87. The summed E-state index contributed by atoms with van der Waals surface area (Å²) in [4.78, 5) is 3.74. The van der Waals surface area contributed by atoms with Gasteiger partial charge in [0.05, 0.1) is 19.8 Å². The Labute approximate surface area is 75.9 Å². The molecule has 1 aromatic heterocycles. The van der Waals surface area contributed by atoms with Gasteiger partial charge in [-0.15, -0.1) is 5.10 Å². The van der Waals surface area contributed by atoms with Crippen LogP contribution in [0.1, 0.15) is 5.82 Å². The second-order valence-corrected chi connectivity index (χ2v) is 2.34. The molecular weight excluding hydrogens is 170 g/mol. The molecule has 2 N–H and O–H groups in total. The number of nitriles is 1. The van der Waals surface area contributed by atoms with Crippen molar-refractivity contribution in [2.24, 2.45) is 5.73 Å². The highest BCUT2D eigenvalue weighted by molar-refractivity contribution is 5.05. The topological polar surface area (TPSA) is 89.8 Å². The third kappa shape index (κ3) is 3.19. The lowest BCUT2D eigenvalue weighted by Crippen LogP contribution is -2.12. The van der Waals surface area contributed by atoms with Crippen LogP contribution in [0.25, 0.3) is 0 Å². The molecule has 6 heteroatoms. The van der Waals surface area contributed by atoms with Crippen molar-refractivity contribution < 1.29 is 4.74 Å². The summed E-state index contributed by atoms with van der Waals surface area (Å²) in [6.07, 6.45) is 1.50. The lowest BCUT2D eigenvalue weighted by atomic mass is 10.6. The van der Waals surface area contributed by atoms with Crippen molar-refractivity contribution in [1.82, 2.24) is 14.8 Å². The van der Waals surface area contributed by atoms with Crippen LogP contribution in [0.3, 0.4) is 0 Å². The van der Waals surface area contributed by atoms with Gasteiger partial charge in [-0.3, -0.25) is 0 Å². The first kappa shape index (κ1) is 9.64. The molecule has 0 aliphatic heterocycles. The van der Waals surface area contributed by atoms with Crippen LogP contribution in [0.15, 0.2) is 6.33 Å². The van der Waals surface area contributed by atoms with E-state index in [4.69, 9.17) is 15.7 Å². The van der Waals surface area contributed by atoms with Crippen LogP contribution in [0.5, 0.6) is 0 Å². The Morgan fingerprint density at radius 2 is 2.46 bits per heavy atom. The molecule has 0 saturated carbocycles.